The van der Waals surface area contributed by atoms with Crippen molar-refractivity contribution in [1.82, 2.24) is 4.98 Å². The first-order valence-corrected chi connectivity index (χ1v) is 9.22. The molecule has 4 heteroatoms. The number of hydrogen-bond donors (Lipinski definition) is 0. The van der Waals surface area contributed by atoms with Crippen LogP contribution in [0.2, 0.25) is 0 Å². The molecule has 0 aliphatic heterocycles. The summed E-state index contributed by atoms with van der Waals surface area (Å²) in [4.78, 5) is 18.0. The van der Waals surface area contributed by atoms with Gasteiger partial charge in [-0.2, -0.15) is 0 Å². The molecule has 3 nitrogen and oxygen atoms in total. The number of carbonyl (C=O) groups excluding carboxylic acids is 1. The standard InChI is InChI=1S/C19H23NO2S/c1-2-22-18(21)19(12-7-13-19)11-6-10-16-14-20-17(23-16)15-8-4-3-5-9-15/h3-5,8-9,14H,2,6-7,10-13H2,1H3. The van der Waals surface area contributed by atoms with Gasteiger partial charge in [-0.15, -0.1) is 11.3 Å². The second-order valence-corrected chi connectivity index (χ2v) is 7.32. The molecule has 0 saturated heterocycles. The van der Waals surface area contributed by atoms with Crippen LogP contribution in [0.25, 0.3) is 10.6 Å². The van der Waals surface area contributed by atoms with Crippen molar-refractivity contribution >= 4 is 17.3 Å². The van der Waals surface area contributed by atoms with Crippen molar-refractivity contribution in [2.75, 3.05) is 6.61 Å². The average Bonchev–Trinajstić information content (AvgIpc) is 3.00. The number of nitrogens with zero attached hydrogens (tertiary/aromatic N) is 1. The fraction of sp³-hybridized carbons (Fsp3) is 0.474. The van der Waals surface area contributed by atoms with E-state index in [1.54, 1.807) is 11.3 Å². The Balaban J connectivity index is 1.55. The van der Waals surface area contributed by atoms with E-state index in [1.165, 1.54) is 10.4 Å². The molecule has 0 spiro atoms. The zero-order valence-corrected chi connectivity index (χ0v) is 14.4. The van der Waals surface area contributed by atoms with Crippen LogP contribution in [0.3, 0.4) is 0 Å². The number of aromatic nitrogens is 1. The second-order valence-electron chi connectivity index (χ2n) is 6.21. The van der Waals surface area contributed by atoms with Crippen LogP contribution in [0, 0.1) is 5.41 Å². The van der Waals surface area contributed by atoms with Crippen LogP contribution in [0.5, 0.6) is 0 Å². The lowest BCUT2D eigenvalue weighted by atomic mass is 9.66. The Bertz CT molecular complexity index is 646. The number of benzene rings is 1. The van der Waals surface area contributed by atoms with Crippen LogP contribution in [0.1, 0.15) is 43.9 Å². The summed E-state index contributed by atoms with van der Waals surface area (Å²) in [6.45, 7) is 2.36. The fourth-order valence-corrected chi connectivity index (χ4v) is 4.14. The van der Waals surface area contributed by atoms with Crippen LogP contribution in [0.4, 0.5) is 0 Å². The minimum absolute atomic E-state index is 0.0144. The summed E-state index contributed by atoms with van der Waals surface area (Å²) in [7, 11) is 0. The van der Waals surface area contributed by atoms with E-state index in [2.05, 4.69) is 17.1 Å². The largest absolute Gasteiger partial charge is 0.466 e. The monoisotopic (exact) mass is 329 g/mol. The molecule has 0 unspecified atom stereocenters. The third kappa shape index (κ3) is 3.63. The molecule has 1 heterocycles. The number of aryl methyl sites for hydroxylation is 1. The van der Waals surface area contributed by atoms with Gasteiger partial charge in [-0.25, -0.2) is 4.98 Å². The maximum absolute atomic E-state index is 12.1. The maximum Gasteiger partial charge on any atom is 0.312 e. The molecule has 0 amide bonds. The SMILES string of the molecule is CCOC(=O)C1(CCCc2cnc(-c3ccccc3)s2)CCC1. The number of hydrogen-bond acceptors (Lipinski definition) is 4. The van der Waals surface area contributed by atoms with E-state index in [1.807, 2.05) is 31.3 Å². The highest BCUT2D eigenvalue weighted by molar-refractivity contribution is 7.15. The van der Waals surface area contributed by atoms with E-state index in [4.69, 9.17) is 4.74 Å². The number of thiazole rings is 1. The first kappa shape index (κ1) is 16.2. The Labute approximate surface area is 141 Å². The van der Waals surface area contributed by atoms with Gasteiger partial charge in [0, 0.05) is 16.6 Å². The van der Waals surface area contributed by atoms with Gasteiger partial charge < -0.3 is 4.74 Å². The normalized spacial score (nSPS) is 15.9. The quantitative estimate of drug-likeness (QED) is 0.681. The Morgan fingerprint density at radius 3 is 2.74 bits per heavy atom. The van der Waals surface area contributed by atoms with E-state index in [0.717, 1.165) is 43.5 Å². The number of rotatable bonds is 7. The molecule has 1 aromatic heterocycles. The van der Waals surface area contributed by atoms with Gasteiger partial charge in [-0.05, 0) is 39.0 Å². The van der Waals surface area contributed by atoms with Gasteiger partial charge in [0.2, 0.25) is 0 Å². The number of esters is 1. The van der Waals surface area contributed by atoms with E-state index in [0.29, 0.717) is 6.61 Å². The van der Waals surface area contributed by atoms with Crippen molar-refractivity contribution in [3.63, 3.8) is 0 Å². The summed E-state index contributed by atoms with van der Waals surface area (Å²) in [6, 6.07) is 10.3. The molecule has 1 aliphatic carbocycles. The van der Waals surface area contributed by atoms with E-state index in [9.17, 15) is 4.79 Å². The third-order valence-electron chi connectivity index (χ3n) is 4.67. The van der Waals surface area contributed by atoms with Gasteiger partial charge in [0.1, 0.15) is 5.01 Å². The molecule has 0 atom stereocenters. The molecular formula is C19H23NO2S. The Kier molecular flexibility index (Phi) is 5.11. The summed E-state index contributed by atoms with van der Waals surface area (Å²) in [5.74, 6) is 0.0144. The lowest BCUT2D eigenvalue weighted by Crippen LogP contribution is -2.39. The van der Waals surface area contributed by atoms with Gasteiger partial charge in [0.25, 0.3) is 0 Å². The molecule has 2 aromatic rings. The predicted octanol–water partition coefficient (Wildman–Crippen LogP) is 4.87. The van der Waals surface area contributed by atoms with Crippen LogP contribution in [-0.2, 0) is 16.0 Å². The summed E-state index contributed by atoms with van der Waals surface area (Å²) in [5, 5.41) is 1.07. The lowest BCUT2D eigenvalue weighted by molar-refractivity contribution is -0.161. The van der Waals surface area contributed by atoms with Crippen molar-refractivity contribution in [3.05, 3.63) is 41.4 Å². The average molecular weight is 329 g/mol. The Morgan fingerprint density at radius 1 is 1.30 bits per heavy atom. The highest BCUT2D eigenvalue weighted by Crippen LogP contribution is 2.46. The van der Waals surface area contributed by atoms with Gasteiger partial charge >= 0.3 is 5.97 Å². The van der Waals surface area contributed by atoms with Crippen molar-refractivity contribution in [1.29, 1.82) is 0 Å². The summed E-state index contributed by atoms with van der Waals surface area (Å²) < 4.78 is 5.27. The van der Waals surface area contributed by atoms with Crippen molar-refractivity contribution in [2.45, 2.75) is 45.4 Å². The van der Waals surface area contributed by atoms with Crippen molar-refractivity contribution in [2.24, 2.45) is 5.41 Å². The Morgan fingerprint density at radius 2 is 2.09 bits per heavy atom. The van der Waals surface area contributed by atoms with Crippen molar-refractivity contribution in [3.8, 4) is 10.6 Å². The van der Waals surface area contributed by atoms with Crippen molar-refractivity contribution < 1.29 is 9.53 Å². The smallest absolute Gasteiger partial charge is 0.312 e. The summed E-state index contributed by atoms with van der Waals surface area (Å²) in [6.07, 6.45) is 8.06. The van der Waals surface area contributed by atoms with Crippen LogP contribution >= 0.6 is 11.3 Å². The molecule has 1 saturated carbocycles. The van der Waals surface area contributed by atoms with E-state index in [-0.39, 0.29) is 11.4 Å². The molecule has 1 aromatic carbocycles. The molecule has 1 fully saturated rings. The van der Waals surface area contributed by atoms with Gasteiger partial charge in [-0.1, -0.05) is 36.8 Å². The molecule has 1 aliphatic rings. The second kappa shape index (κ2) is 7.26. The first-order chi connectivity index (χ1) is 11.2. The first-order valence-electron chi connectivity index (χ1n) is 8.41. The van der Waals surface area contributed by atoms with E-state index < -0.39 is 0 Å². The zero-order valence-electron chi connectivity index (χ0n) is 13.6. The highest BCUT2D eigenvalue weighted by Gasteiger charge is 2.44. The minimum atomic E-state index is -0.192. The predicted molar refractivity (Wildman–Crippen MR) is 93.4 cm³/mol. The third-order valence-corrected chi connectivity index (χ3v) is 5.78. The van der Waals surface area contributed by atoms with E-state index >= 15 is 0 Å². The lowest BCUT2D eigenvalue weighted by Gasteiger charge is -2.39. The van der Waals surface area contributed by atoms with Gasteiger partial charge in [0.05, 0.1) is 12.0 Å². The molecule has 0 radical (unpaired) electrons. The number of ether oxygens (including phenoxy) is 1. The molecule has 122 valence electrons. The molecule has 3 rings (SSSR count). The fourth-order valence-electron chi connectivity index (χ4n) is 3.18. The molecular weight excluding hydrogens is 306 g/mol. The topological polar surface area (TPSA) is 39.2 Å². The van der Waals surface area contributed by atoms with Crippen LogP contribution in [0.15, 0.2) is 36.5 Å². The van der Waals surface area contributed by atoms with Gasteiger partial charge in [-0.3, -0.25) is 4.79 Å². The molecule has 0 bridgehead atoms. The molecule has 23 heavy (non-hydrogen) atoms. The van der Waals surface area contributed by atoms with Crippen LogP contribution in [-0.4, -0.2) is 17.6 Å². The maximum atomic E-state index is 12.1. The summed E-state index contributed by atoms with van der Waals surface area (Å²) >= 11 is 1.75. The highest BCUT2D eigenvalue weighted by atomic mass is 32.1. The Hall–Kier alpha value is -1.68. The summed E-state index contributed by atoms with van der Waals surface area (Å²) in [5.41, 5.74) is 0.980. The van der Waals surface area contributed by atoms with Crippen LogP contribution < -0.4 is 0 Å². The minimum Gasteiger partial charge on any atom is -0.466 e. The van der Waals surface area contributed by atoms with Gasteiger partial charge in [0.15, 0.2) is 0 Å². The zero-order chi connectivity index (χ0) is 16.1. The number of carbonyl (C=O) groups is 1. The molecule has 0 N–H and O–H groups in total.